The number of carbonyl (C=O) groups excluding carboxylic acids is 8. The van der Waals surface area contributed by atoms with Gasteiger partial charge in [-0.1, -0.05) is 123 Å². The van der Waals surface area contributed by atoms with Crippen LogP contribution in [0.4, 0.5) is 8.78 Å². The van der Waals surface area contributed by atoms with Gasteiger partial charge in [0, 0.05) is 37.1 Å². The van der Waals surface area contributed by atoms with E-state index >= 15 is 8.78 Å². The fourth-order valence-corrected chi connectivity index (χ4v) is 12.5. The Morgan fingerprint density at radius 3 is 1.19 bits per heavy atom. The number of likely N-dealkylation sites (tertiary alicyclic amines) is 2. The first-order chi connectivity index (χ1) is 41.5. The van der Waals surface area contributed by atoms with E-state index < -0.39 is 97.4 Å². The van der Waals surface area contributed by atoms with E-state index in [2.05, 4.69) is 31.9 Å². The monoisotopic (exact) mass is 1180 g/mol. The van der Waals surface area contributed by atoms with Crippen LogP contribution in [0, 0.1) is 11.8 Å². The second-order valence-electron chi connectivity index (χ2n) is 23.6. The minimum Gasteiger partial charge on any atom is -0.343 e. The maximum absolute atomic E-state index is 15.6. The Balaban J connectivity index is 0.903. The fraction of sp³-hybridized carbons (Fsp3) is 0.515. The molecule has 2 saturated heterocycles. The third-order valence-electron chi connectivity index (χ3n) is 17.8. The molecule has 8 atom stereocenters. The van der Waals surface area contributed by atoms with Gasteiger partial charge in [-0.15, -0.1) is 0 Å². The van der Waals surface area contributed by atoms with Gasteiger partial charge in [0.25, 0.3) is 11.8 Å². The number of hydrogen-bond donors (Lipinski definition) is 6. The van der Waals surface area contributed by atoms with Gasteiger partial charge in [0.2, 0.25) is 35.4 Å². The molecule has 8 amide bonds. The van der Waals surface area contributed by atoms with Crippen LogP contribution in [0.2, 0.25) is 0 Å². The Labute approximate surface area is 504 Å². The molecule has 4 aliphatic rings. The van der Waals surface area contributed by atoms with E-state index in [0.717, 1.165) is 86.5 Å². The number of nitrogens with zero attached hydrogens (tertiary/aromatic N) is 4. The van der Waals surface area contributed by atoms with Crippen molar-refractivity contribution in [1.29, 1.82) is 0 Å². The lowest BCUT2D eigenvalue weighted by Gasteiger charge is -2.39. The zero-order valence-corrected chi connectivity index (χ0v) is 50.1. The van der Waals surface area contributed by atoms with Crippen molar-refractivity contribution in [2.24, 2.45) is 11.8 Å². The van der Waals surface area contributed by atoms with E-state index in [9.17, 15) is 38.4 Å². The van der Waals surface area contributed by atoms with Crippen molar-refractivity contribution in [2.45, 2.75) is 153 Å². The number of halogens is 2. The molecule has 0 aromatic heterocycles. The Morgan fingerprint density at radius 2 is 0.849 bits per heavy atom. The number of carbonyl (C=O) groups is 8. The van der Waals surface area contributed by atoms with Gasteiger partial charge in [-0.3, -0.25) is 38.4 Å². The van der Waals surface area contributed by atoms with Gasteiger partial charge in [-0.25, -0.2) is 8.78 Å². The van der Waals surface area contributed by atoms with Crippen LogP contribution in [0.3, 0.4) is 0 Å². The zero-order valence-electron chi connectivity index (χ0n) is 50.1. The highest BCUT2D eigenvalue weighted by Crippen LogP contribution is 2.34. The Kier molecular flexibility index (Phi) is 23.4. The molecule has 18 nitrogen and oxygen atoms in total. The van der Waals surface area contributed by atoms with Crippen molar-refractivity contribution in [3.63, 3.8) is 0 Å². The normalized spacial score (nSPS) is 20.4. The lowest BCUT2D eigenvalue weighted by Crippen LogP contribution is -2.60. The standard InChI is InChI=1S/C66H86F2N10O8/c1-43(69-3)61(81)73-59(49-21-13-7-14-22-49)65(85)77-41-53(67)37-55(77)75(35-33-45-17-9-5-10-18-45)57(79)39-71-63(83)51-29-25-47(26-30-51)48-27-31-52(32-28-48)64(84)72-40-58(80)76(36-34-46-19-11-6-12-20-46)56-38-54(68)42-78(56)66(86)60(50-23-15-8-16-24-50)74-62(82)44(2)70-4/h5-6,9-12,17-20,25-32,43-44,49-50,53-56,59-60,69-70H,7-8,13-16,21-24,33-42H2,1-4H3,(H,71,83)(H,72,84)(H,73,81)(H,74,82)/t43-,44-,53+,54+,55?,56?,59-,60-/m0/s1. The van der Waals surface area contributed by atoms with Gasteiger partial charge in [-0.05, 0) is 125 Å². The predicted octanol–water partition coefficient (Wildman–Crippen LogP) is 6.09. The highest BCUT2D eigenvalue weighted by molar-refractivity contribution is 5.98. The van der Waals surface area contributed by atoms with Gasteiger partial charge < -0.3 is 51.5 Å². The Morgan fingerprint density at radius 1 is 0.500 bits per heavy atom. The van der Waals surface area contributed by atoms with Crippen LogP contribution in [0.1, 0.15) is 123 Å². The molecule has 0 radical (unpaired) electrons. The van der Waals surface area contributed by atoms with E-state index in [1.54, 1.807) is 76.5 Å². The van der Waals surface area contributed by atoms with Crippen molar-refractivity contribution in [1.82, 2.24) is 51.5 Å². The van der Waals surface area contributed by atoms with Crippen molar-refractivity contribution in [2.75, 3.05) is 53.4 Å². The van der Waals surface area contributed by atoms with E-state index in [1.165, 1.54) is 19.6 Å². The number of hydrogen-bond acceptors (Lipinski definition) is 10. The molecule has 6 N–H and O–H groups in total. The summed E-state index contributed by atoms with van der Waals surface area (Å²) in [6.07, 6.45) is 4.49. The minimum atomic E-state index is -1.41. The summed E-state index contributed by atoms with van der Waals surface area (Å²) in [7, 11) is 3.32. The van der Waals surface area contributed by atoms with Crippen LogP contribution < -0.4 is 31.9 Å². The largest absolute Gasteiger partial charge is 0.343 e. The molecule has 20 heteroatoms. The van der Waals surface area contributed by atoms with Crippen molar-refractivity contribution in [3.05, 3.63) is 131 Å². The second kappa shape index (κ2) is 31.2. The molecule has 4 aromatic carbocycles. The van der Waals surface area contributed by atoms with E-state index in [0.29, 0.717) is 12.8 Å². The van der Waals surface area contributed by atoms with Gasteiger partial charge in [-0.2, -0.15) is 0 Å². The Hall–Kier alpha value is -7.58. The average Bonchev–Trinajstić information content (AvgIpc) is 4.16. The van der Waals surface area contributed by atoms with Crippen molar-refractivity contribution >= 4 is 47.3 Å². The van der Waals surface area contributed by atoms with Crippen LogP contribution in [-0.2, 0) is 41.6 Å². The van der Waals surface area contributed by atoms with Crippen LogP contribution in [0.25, 0.3) is 11.1 Å². The summed E-state index contributed by atoms with van der Waals surface area (Å²) >= 11 is 0. The predicted molar refractivity (Wildman–Crippen MR) is 324 cm³/mol. The molecule has 86 heavy (non-hydrogen) atoms. The molecule has 4 aromatic rings. The SMILES string of the molecule is CN[C@@H](C)C(=O)N[C@H](C(=O)N1C[C@H](F)CC1N(CCc1ccccc1)C(=O)CNC(=O)c1ccc(-c2ccc(C(=O)NCC(=O)N(CCc3ccccc3)C3C[C@@H](F)CN3C(=O)[C@@H](NC(=O)[C@H](C)NC)C3CCCCC3)cc2)cc1)C1CCCCC1. The van der Waals surface area contributed by atoms with Gasteiger partial charge >= 0.3 is 0 Å². The maximum atomic E-state index is 15.6. The first-order valence-electron chi connectivity index (χ1n) is 30.8. The number of rotatable bonds is 25. The van der Waals surface area contributed by atoms with Crippen molar-refractivity contribution < 1.29 is 47.1 Å². The van der Waals surface area contributed by atoms with Gasteiger partial charge in [0.15, 0.2) is 0 Å². The van der Waals surface area contributed by atoms with Crippen LogP contribution in [0.15, 0.2) is 109 Å². The number of likely N-dealkylation sites (N-methyl/N-ethyl adjacent to an activating group) is 2. The first-order valence-corrected chi connectivity index (χ1v) is 30.8. The highest BCUT2D eigenvalue weighted by atomic mass is 19.1. The molecule has 2 saturated carbocycles. The molecule has 0 spiro atoms. The van der Waals surface area contributed by atoms with Crippen LogP contribution in [-0.4, -0.2) is 169 Å². The summed E-state index contributed by atoms with van der Waals surface area (Å²) in [6.45, 7) is 2.37. The lowest BCUT2D eigenvalue weighted by atomic mass is 9.83. The number of alkyl halides is 2. The molecule has 2 aliphatic heterocycles. The molecule has 462 valence electrons. The summed E-state index contributed by atoms with van der Waals surface area (Å²) in [5.74, 6) is -3.86. The van der Waals surface area contributed by atoms with Crippen LogP contribution >= 0.6 is 0 Å². The van der Waals surface area contributed by atoms with Crippen LogP contribution in [0.5, 0.6) is 0 Å². The highest BCUT2D eigenvalue weighted by Gasteiger charge is 2.47. The summed E-state index contributed by atoms with van der Waals surface area (Å²) in [5, 5.41) is 17.3. The summed E-state index contributed by atoms with van der Waals surface area (Å²) in [4.78, 5) is 118. The number of amides is 8. The molecule has 2 heterocycles. The lowest BCUT2D eigenvalue weighted by molar-refractivity contribution is -0.148. The molecular weight excluding hydrogens is 1100 g/mol. The molecule has 8 rings (SSSR count). The average molecular weight is 1190 g/mol. The molecular formula is C66H86F2N10O8. The number of nitrogens with one attached hydrogen (secondary N) is 6. The molecule has 2 aliphatic carbocycles. The molecule has 0 bridgehead atoms. The summed E-state index contributed by atoms with van der Waals surface area (Å²) in [6, 6.07) is 29.5. The van der Waals surface area contributed by atoms with E-state index in [4.69, 9.17) is 0 Å². The topological polar surface area (TPSA) is 222 Å². The maximum Gasteiger partial charge on any atom is 0.251 e. The van der Waals surface area contributed by atoms with E-state index in [1.807, 2.05) is 60.7 Å². The fourth-order valence-electron chi connectivity index (χ4n) is 12.5. The third-order valence-corrected chi connectivity index (χ3v) is 17.8. The van der Waals surface area contributed by atoms with Gasteiger partial charge in [0.1, 0.15) is 36.8 Å². The third kappa shape index (κ3) is 16.9. The molecule has 4 fully saturated rings. The Bertz CT molecular complexity index is 2730. The smallest absolute Gasteiger partial charge is 0.251 e. The summed E-state index contributed by atoms with van der Waals surface area (Å²) < 4.78 is 31.3. The number of benzene rings is 4. The van der Waals surface area contributed by atoms with Crippen molar-refractivity contribution in [3.8, 4) is 11.1 Å². The quantitative estimate of drug-likeness (QED) is 0.0448. The minimum absolute atomic E-state index is 0.116. The van der Waals surface area contributed by atoms with E-state index in [-0.39, 0.29) is 73.8 Å². The second-order valence-corrected chi connectivity index (χ2v) is 23.6. The summed E-state index contributed by atoms with van der Waals surface area (Å²) in [5.41, 5.74) is 3.84. The first kappa shape index (κ1) is 64.4. The molecule has 2 unspecified atom stereocenters. The zero-order chi connectivity index (χ0) is 61.3. The van der Waals surface area contributed by atoms with Gasteiger partial charge in [0.05, 0.1) is 38.3 Å².